The van der Waals surface area contributed by atoms with E-state index in [9.17, 15) is 5.11 Å². The zero-order valence-corrected chi connectivity index (χ0v) is 26.9. The van der Waals surface area contributed by atoms with Gasteiger partial charge >= 0.3 is 0 Å². The number of aromatic hydroxyl groups is 1. The van der Waals surface area contributed by atoms with E-state index >= 15 is 0 Å². The molecule has 0 spiro atoms. The summed E-state index contributed by atoms with van der Waals surface area (Å²) in [5, 5.41) is 9.30. The molecule has 0 aromatic heterocycles. The first-order valence-electron chi connectivity index (χ1n) is 13.1. The summed E-state index contributed by atoms with van der Waals surface area (Å²) in [7, 11) is -3.27. The van der Waals surface area contributed by atoms with E-state index in [4.69, 9.17) is 4.74 Å². The van der Waals surface area contributed by atoms with Gasteiger partial charge < -0.3 is 9.84 Å². The highest BCUT2D eigenvalue weighted by Gasteiger charge is 2.60. The minimum Gasteiger partial charge on any atom is -0.508 e. The number of ether oxygens (including phenoxy) is 1. The fourth-order valence-corrected chi connectivity index (χ4v) is 106. The molecule has 0 aliphatic heterocycles. The van der Waals surface area contributed by atoms with Crippen molar-refractivity contribution in [3.8, 4) is 11.5 Å². The largest absolute Gasteiger partial charge is 0.508 e. The summed E-state index contributed by atoms with van der Waals surface area (Å²) in [4.78, 5) is 0. The number of phenols is 1. The Bertz CT molecular complexity index is 604. The Morgan fingerprint density at radius 2 is 0.938 bits per heavy atom. The van der Waals surface area contributed by atoms with E-state index in [-0.39, 0.29) is 0 Å². The lowest BCUT2D eigenvalue weighted by Crippen LogP contribution is -2.82. The Labute approximate surface area is 204 Å². The van der Waals surface area contributed by atoms with Crippen LogP contribution in [-0.2, 0) is 0 Å². The van der Waals surface area contributed by atoms with Crippen LogP contribution in [-0.4, -0.2) is 41.1 Å². The Balaban J connectivity index is 2.20. The molecule has 0 saturated heterocycles. The second kappa shape index (κ2) is 13.0. The summed E-state index contributed by atoms with van der Waals surface area (Å²) in [6.45, 7) is 24.2. The molecule has 0 aliphatic rings. The Morgan fingerprint density at radius 1 is 0.562 bits per heavy atom. The van der Waals surface area contributed by atoms with E-state index in [0.717, 1.165) is 18.8 Å². The summed E-state index contributed by atoms with van der Waals surface area (Å²) >= 11 is 0. The molecular weight excluding hydrogens is 457 g/mol. The third-order valence-electron chi connectivity index (χ3n) is 7.64. The van der Waals surface area contributed by atoms with Crippen LogP contribution in [0.2, 0.25) is 65.0 Å². The zero-order chi connectivity index (χ0) is 24.5. The summed E-state index contributed by atoms with van der Waals surface area (Å²) in [6, 6.07) is 8.67. The summed E-state index contributed by atoms with van der Waals surface area (Å²) < 4.78 is 5.73. The smallest absolute Gasteiger partial charge is 0.119 e. The van der Waals surface area contributed by atoms with Gasteiger partial charge in [0.15, 0.2) is 0 Å². The maximum Gasteiger partial charge on any atom is 0.119 e. The number of hydrogen-bond donors (Lipinski definition) is 1. The second-order valence-corrected chi connectivity index (χ2v) is 54.4. The highest BCUT2D eigenvalue weighted by atomic mass is 29.9. The molecule has 0 saturated carbocycles. The van der Waals surface area contributed by atoms with Crippen molar-refractivity contribution in [3.05, 3.63) is 24.3 Å². The van der Waals surface area contributed by atoms with Crippen molar-refractivity contribution in [1.82, 2.24) is 0 Å². The second-order valence-electron chi connectivity index (χ2n) is 12.9. The van der Waals surface area contributed by atoms with Gasteiger partial charge in [0.05, 0.1) is 6.61 Å². The van der Waals surface area contributed by atoms with Crippen LogP contribution >= 0.6 is 0 Å². The van der Waals surface area contributed by atoms with Gasteiger partial charge in [-0.1, -0.05) is 116 Å². The van der Waals surface area contributed by atoms with Crippen LogP contribution in [0.25, 0.3) is 0 Å². The lowest BCUT2D eigenvalue weighted by molar-refractivity contribution is 0.303. The highest BCUT2D eigenvalue weighted by molar-refractivity contribution is 7.89. The highest BCUT2D eigenvalue weighted by Crippen LogP contribution is 2.41. The molecule has 0 aliphatic carbocycles. The Morgan fingerprint density at radius 3 is 1.34 bits per heavy atom. The average molecular weight is 511 g/mol. The third kappa shape index (κ3) is 8.80. The first kappa shape index (κ1) is 29.7. The molecule has 1 aromatic rings. The first-order valence-corrected chi connectivity index (χ1v) is 28.8. The standard InChI is InChI=1S/C26H54O2Si4/c1-29(2,3)32(30(4,5)6,31(7,8)9)24-18-16-14-12-10-11-13-15-17-23-28-26-21-19-25(27)20-22-26/h19-22,27H,10-18,23-24H2,1-9H3. The van der Waals surface area contributed by atoms with E-state index < -0.39 is 29.4 Å². The van der Waals surface area contributed by atoms with E-state index in [1.165, 1.54) is 51.4 Å². The molecule has 6 heteroatoms. The van der Waals surface area contributed by atoms with Crippen LogP contribution in [0, 0.1) is 0 Å². The van der Waals surface area contributed by atoms with Gasteiger partial charge in [-0.2, -0.15) is 0 Å². The van der Waals surface area contributed by atoms with E-state index in [1.54, 1.807) is 18.2 Å². The predicted molar refractivity (Wildman–Crippen MR) is 156 cm³/mol. The Kier molecular flexibility index (Phi) is 12.0. The van der Waals surface area contributed by atoms with Crippen molar-refractivity contribution < 1.29 is 9.84 Å². The fraction of sp³-hybridized carbons (Fsp3) is 0.769. The molecule has 1 aromatic carbocycles. The quantitative estimate of drug-likeness (QED) is 0.177. The molecule has 1 N–H and O–H groups in total. The fourth-order valence-electron chi connectivity index (χ4n) is 6.96. The monoisotopic (exact) mass is 510 g/mol. The Hall–Kier alpha value is -0.312. The molecule has 0 amide bonds. The van der Waals surface area contributed by atoms with Crippen LogP contribution in [0.15, 0.2) is 24.3 Å². The maximum absolute atomic E-state index is 9.30. The van der Waals surface area contributed by atoms with Crippen molar-refractivity contribution in [3.63, 3.8) is 0 Å². The van der Waals surface area contributed by atoms with Crippen molar-refractivity contribution in [1.29, 1.82) is 0 Å². The van der Waals surface area contributed by atoms with Gasteiger partial charge in [-0.05, 0) is 30.7 Å². The SMILES string of the molecule is C[Si](C)(C)[Si](CCCCCCCCCCCOc1ccc(O)cc1)([Si](C)(C)C)[Si](C)(C)C. The number of rotatable bonds is 16. The van der Waals surface area contributed by atoms with Gasteiger partial charge in [0.1, 0.15) is 11.5 Å². The zero-order valence-electron chi connectivity index (χ0n) is 22.9. The van der Waals surface area contributed by atoms with Crippen molar-refractivity contribution >= 4 is 29.4 Å². The third-order valence-corrected chi connectivity index (χ3v) is 82.2. The normalized spacial score (nSPS) is 13.4. The van der Waals surface area contributed by atoms with Gasteiger partial charge in [0.25, 0.3) is 0 Å². The van der Waals surface area contributed by atoms with E-state index in [2.05, 4.69) is 58.9 Å². The van der Waals surface area contributed by atoms with Crippen molar-refractivity contribution in [2.24, 2.45) is 0 Å². The van der Waals surface area contributed by atoms with Gasteiger partial charge in [0, 0.05) is 29.4 Å². The van der Waals surface area contributed by atoms with Crippen molar-refractivity contribution in [2.45, 2.75) is 123 Å². The van der Waals surface area contributed by atoms with Crippen molar-refractivity contribution in [2.75, 3.05) is 6.61 Å². The van der Waals surface area contributed by atoms with Gasteiger partial charge in [-0.3, -0.25) is 0 Å². The predicted octanol–water partition coefficient (Wildman–Crippen LogP) is 8.98. The molecule has 1 rings (SSSR count). The molecule has 0 heterocycles. The van der Waals surface area contributed by atoms with Crippen LogP contribution in [0.5, 0.6) is 11.5 Å². The molecule has 0 atom stereocenters. The minimum atomic E-state index is -1.13. The number of hydrogen-bond acceptors (Lipinski definition) is 2. The van der Waals surface area contributed by atoms with Gasteiger partial charge in [0.2, 0.25) is 0 Å². The molecular formula is C26H54O2Si4. The van der Waals surface area contributed by atoms with Gasteiger partial charge in [-0.25, -0.2) is 0 Å². The van der Waals surface area contributed by atoms with Crippen LogP contribution in [0.1, 0.15) is 57.8 Å². The summed E-state index contributed by atoms with van der Waals surface area (Å²) in [5.74, 6) is 1.15. The molecule has 0 unspecified atom stereocenters. The lowest BCUT2D eigenvalue weighted by atomic mass is 10.1. The maximum atomic E-state index is 9.30. The molecule has 0 radical (unpaired) electrons. The number of phenolic OH excluding ortho intramolecular Hbond substituents is 1. The van der Waals surface area contributed by atoms with E-state index in [1.807, 2.05) is 12.1 Å². The van der Waals surface area contributed by atoms with Crippen LogP contribution in [0.4, 0.5) is 0 Å². The number of unbranched alkanes of at least 4 members (excludes halogenated alkanes) is 8. The lowest BCUT2D eigenvalue weighted by Gasteiger charge is -2.58. The van der Waals surface area contributed by atoms with Gasteiger partial charge in [-0.15, -0.1) is 0 Å². The topological polar surface area (TPSA) is 29.5 Å². The molecule has 0 bridgehead atoms. The average Bonchev–Trinajstić information content (AvgIpc) is 2.63. The van der Waals surface area contributed by atoms with E-state index in [0.29, 0.717) is 5.75 Å². The molecule has 186 valence electrons. The first-order chi connectivity index (χ1) is 14.7. The summed E-state index contributed by atoms with van der Waals surface area (Å²) in [6.07, 6.45) is 12.3. The van der Waals surface area contributed by atoms with Crippen LogP contribution < -0.4 is 4.74 Å². The number of benzene rings is 1. The summed E-state index contributed by atoms with van der Waals surface area (Å²) in [5.41, 5.74) is 0. The molecule has 0 fully saturated rings. The molecule has 32 heavy (non-hydrogen) atoms. The van der Waals surface area contributed by atoms with Crippen LogP contribution in [0.3, 0.4) is 0 Å². The molecule has 2 nitrogen and oxygen atoms in total. The minimum absolute atomic E-state index is 0.293.